The van der Waals surface area contributed by atoms with Crippen molar-refractivity contribution in [3.8, 4) is 78.7 Å². The van der Waals surface area contributed by atoms with Gasteiger partial charge in [-0.15, -0.1) is 0 Å². The Labute approximate surface area is 358 Å². The van der Waals surface area contributed by atoms with Crippen LogP contribution in [0.5, 0.6) is 0 Å². The maximum atomic E-state index is 6.13. The number of hydrogen-bond acceptors (Lipinski definition) is 4. The maximum absolute atomic E-state index is 6.13. The van der Waals surface area contributed by atoms with Crippen LogP contribution < -0.4 is 0 Å². The van der Waals surface area contributed by atoms with Crippen LogP contribution in [0.15, 0.2) is 217 Å². The minimum absolute atomic E-state index is 0.387. The molecule has 1 spiro atoms. The van der Waals surface area contributed by atoms with Gasteiger partial charge in [-0.2, -0.15) is 0 Å². The second-order valence-corrected chi connectivity index (χ2v) is 16.3. The van der Waals surface area contributed by atoms with Gasteiger partial charge in [-0.05, 0) is 91.0 Å². The SMILES string of the molecule is c1ccc(-c2nc(-c3ccc(-c4cccc5c4-c4ccccc4C54c5ccccc5-c5ccccc54)cc3)nc(-c3cccc(-c4ccc5oc6ccccc6c5c4)c3)n2)cc1. The Morgan fingerprint density at radius 3 is 1.50 bits per heavy atom. The molecule has 0 atom stereocenters. The predicted molar refractivity (Wildman–Crippen MR) is 251 cm³/mol. The van der Waals surface area contributed by atoms with Crippen molar-refractivity contribution in [1.29, 1.82) is 0 Å². The normalized spacial score (nSPS) is 13.0. The summed E-state index contributed by atoms with van der Waals surface area (Å²) in [6, 6.07) is 75.7. The van der Waals surface area contributed by atoms with Crippen LogP contribution in [0, 0.1) is 0 Å². The summed E-state index contributed by atoms with van der Waals surface area (Å²) in [5.41, 5.74) is 19.2. The molecule has 0 bridgehead atoms. The summed E-state index contributed by atoms with van der Waals surface area (Å²) in [4.78, 5) is 15.3. The summed E-state index contributed by atoms with van der Waals surface area (Å²) in [7, 11) is 0. The van der Waals surface area contributed by atoms with Crippen molar-refractivity contribution < 1.29 is 4.42 Å². The minimum atomic E-state index is -0.387. The van der Waals surface area contributed by atoms with Crippen LogP contribution in [-0.4, -0.2) is 15.0 Å². The van der Waals surface area contributed by atoms with E-state index in [1.807, 2.05) is 30.3 Å². The van der Waals surface area contributed by atoms with E-state index in [-0.39, 0.29) is 5.41 Å². The molecular weight excluding hydrogens is 755 g/mol. The largest absolute Gasteiger partial charge is 0.456 e. The topological polar surface area (TPSA) is 51.8 Å². The van der Waals surface area contributed by atoms with Crippen molar-refractivity contribution in [3.05, 3.63) is 235 Å². The Hall–Kier alpha value is -8.21. The molecule has 11 aromatic rings. The molecule has 2 aromatic heterocycles. The van der Waals surface area contributed by atoms with Gasteiger partial charge < -0.3 is 4.42 Å². The molecule has 0 aliphatic heterocycles. The number of fused-ring (bicyclic) bond motifs is 13. The number of hydrogen-bond donors (Lipinski definition) is 0. The summed E-state index contributed by atoms with van der Waals surface area (Å²) in [5.74, 6) is 1.87. The van der Waals surface area contributed by atoms with Crippen LogP contribution in [0.1, 0.15) is 22.3 Å². The molecule has 2 aliphatic carbocycles. The summed E-state index contributed by atoms with van der Waals surface area (Å²) < 4.78 is 6.13. The molecule has 4 heteroatoms. The lowest BCUT2D eigenvalue weighted by molar-refractivity contribution is 0.669. The lowest BCUT2D eigenvalue weighted by Crippen LogP contribution is -2.25. The van der Waals surface area contributed by atoms with Gasteiger partial charge in [0.25, 0.3) is 0 Å². The number of benzene rings is 9. The van der Waals surface area contributed by atoms with Crippen LogP contribution in [0.2, 0.25) is 0 Å². The lowest BCUT2D eigenvalue weighted by atomic mass is 9.70. The van der Waals surface area contributed by atoms with E-state index < -0.39 is 0 Å². The van der Waals surface area contributed by atoms with Gasteiger partial charge in [-0.1, -0.05) is 188 Å². The highest BCUT2D eigenvalue weighted by atomic mass is 16.3. The van der Waals surface area contributed by atoms with Crippen molar-refractivity contribution in [3.63, 3.8) is 0 Å². The zero-order valence-corrected chi connectivity index (χ0v) is 33.5. The first-order chi connectivity index (χ1) is 30.7. The fourth-order valence-corrected chi connectivity index (χ4v) is 10.3. The summed E-state index contributed by atoms with van der Waals surface area (Å²) in [6.07, 6.45) is 0. The molecule has 0 saturated carbocycles. The average molecular weight is 790 g/mol. The smallest absolute Gasteiger partial charge is 0.164 e. The predicted octanol–water partition coefficient (Wildman–Crippen LogP) is 14.4. The minimum Gasteiger partial charge on any atom is -0.456 e. The summed E-state index contributed by atoms with van der Waals surface area (Å²) in [6.45, 7) is 0. The Morgan fingerprint density at radius 2 is 0.758 bits per heavy atom. The van der Waals surface area contributed by atoms with Gasteiger partial charge in [0.1, 0.15) is 11.2 Å². The molecule has 4 nitrogen and oxygen atoms in total. The van der Waals surface area contributed by atoms with E-state index in [1.165, 1.54) is 50.1 Å². The first kappa shape index (κ1) is 34.6. The van der Waals surface area contributed by atoms with Crippen LogP contribution in [-0.2, 0) is 5.41 Å². The molecule has 288 valence electrons. The third-order valence-corrected chi connectivity index (χ3v) is 13.0. The van der Waals surface area contributed by atoms with E-state index in [1.54, 1.807) is 0 Å². The van der Waals surface area contributed by atoms with E-state index in [0.717, 1.165) is 55.3 Å². The third kappa shape index (κ3) is 5.04. The number of para-hydroxylation sites is 1. The fraction of sp³-hybridized carbons (Fsp3) is 0.0172. The first-order valence-corrected chi connectivity index (χ1v) is 21.1. The first-order valence-electron chi connectivity index (χ1n) is 21.1. The van der Waals surface area contributed by atoms with Gasteiger partial charge >= 0.3 is 0 Å². The highest BCUT2D eigenvalue weighted by Crippen LogP contribution is 2.63. The molecule has 0 fully saturated rings. The van der Waals surface area contributed by atoms with E-state index >= 15 is 0 Å². The molecule has 9 aromatic carbocycles. The van der Waals surface area contributed by atoms with Crippen LogP contribution in [0.25, 0.3) is 101 Å². The highest BCUT2D eigenvalue weighted by Gasteiger charge is 2.51. The van der Waals surface area contributed by atoms with Crippen LogP contribution in [0.3, 0.4) is 0 Å². The van der Waals surface area contributed by atoms with Gasteiger partial charge in [-0.3, -0.25) is 0 Å². The Kier molecular flexibility index (Phi) is 7.49. The van der Waals surface area contributed by atoms with Gasteiger partial charge in [0.05, 0.1) is 5.41 Å². The highest BCUT2D eigenvalue weighted by molar-refractivity contribution is 6.06. The number of rotatable bonds is 5. The van der Waals surface area contributed by atoms with Gasteiger partial charge in [-0.25, -0.2) is 15.0 Å². The van der Waals surface area contributed by atoms with Crippen LogP contribution in [0.4, 0.5) is 0 Å². The molecule has 0 N–H and O–H groups in total. The molecule has 2 aliphatic rings. The Bertz CT molecular complexity index is 3540. The molecule has 2 heterocycles. The van der Waals surface area contributed by atoms with Crippen molar-refractivity contribution in [1.82, 2.24) is 15.0 Å². The number of furan rings is 1. The van der Waals surface area contributed by atoms with E-state index in [9.17, 15) is 0 Å². The second kappa shape index (κ2) is 13.4. The standard InChI is InChI=1S/C58H35N3O/c1-2-14-37(15-3-1)55-59-56(61-57(60-55)41-17-12-16-39(34-41)40-32-33-53-47(35-40)45-20-7-11-27-52(45)62-53)38-30-28-36(29-31-38)42-22-13-26-51-54(42)46-21-6-10-25-50(46)58(51)48-23-8-4-18-43(48)44-19-5-9-24-49(44)58/h1-35H. The zero-order valence-electron chi connectivity index (χ0n) is 33.5. The van der Waals surface area contributed by atoms with Crippen molar-refractivity contribution in [2.45, 2.75) is 5.41 Å². The number of nitrogens with zero attached hydrogens (tertiary/aromatic N) is 3. The molecule has 0 amide bonds. The second-order valence-electron chi connectivity index (χ2n) is 16.3. The Morgan fingerprint density at radius 1 is 0.290 bits per heavy atom. The van der Waals surface area contributed by atoms with Crippen molar-refractivity contribution in [2.24, 2.45) is 0 Å². The third-order valence-electron chi connectivity index (χ3n) is 13.0. The molecule has 0 radical (unpaired) electrons. The van der Waals surface area contributed by atoms with Gasteiger partial charge in [0, 0.05) is 27.5 Å². The van der Waals surface area contributed by atoms with Crippen LogP contribution >= 0.6 is 0 Å². The van der Waals surface area contributed by atoms with Gasteiger partial charge in [0.15, 0.2) is 17.5 Å². The quantitative estimate of drug-likeness (QED) is 0.174. The lowest BCUT2D eigenvalue weighted by Gasteiger charge is -2.30. The monoisotopic (exact) mass is 789 g/mol. The molecule has 0 unspecified atom stereocenters. The van der Waals surface area contributed by atoms with Crippen molar-refractivity contribution in [2.75, 3.05) is 0 Å². The number of aromatic nitrogens is 3. The average Bonchev–Trinajstić information content (AvgIpc) is 3.98. The molecule has 62 heavy (non-hydrogen) atoms. The summed E-state index contributed by atoms with van der Waals surface area (Å²) in [5, 5.41) is 2.20. The fourth-order valence-electron chi connectivity index (χ4n) is 10.3. The van der Waals surface area contributed by atoms with E-state index in [0.29, 0.717) is 17.5 Å². The maximum Gasteiger partial charge on any atom is 0.164 e. The van der Waals surface area contributed by atoms with E-state index in [4.69, 9.17) is 19.4 Å². The van der Waals surface area contributed by atoms with Crippen molar-refractivity contribution >= 4 is 21.9 Å². The molecule has 0 saturated heterocycles. The zero-order chi connectivity index (χ0) is 40.8. The molecule has 13 rings (SSSR count). The Balaban J connectivity index is 0.920. The van der Waals surface area contributed by atoms with E-state index in [2.05, 4.69) is 182 Å². The molecular formula is C58H35N3O. The summed E-state index contributed by atoms with van der Waals surface area (Å²) >= 11 is 0. The van der Waals surface area contributed by atoms with Gasteiger partial charge in [0.2, 0.25) is 0 Å².